The molecule has 0 spiro atoms. The molecule has 0 saturated carbocycles. The summed E-state index contributed by atoms with van der Waals surface area (Å²) >= 11 is 7.63. The second-order valence-electron chi connectivity index (χ2n) is 6.28. The summed E-state index contributed by atoms with van der Waals surface area (Å²) in [5, 5.41) is 0.312. The van der Waals surface area contributed by atoms with Crippen LogP contribution in [0.25, 0.3) is 0 Å². The lowest BCUT2D eigenvalue weighted by molar-refractivity contribution is -0.126. The number of rotatable bonds is 4. The van der Waals surface area contributed by atoms with Crippen LogP contribution in [0.2, 0.25) is 5.02 Å². The zero-order valence-electron chi connectivity index (χ0n) is 14.9. The molecule has 2 aromatic rings. The summed E-state index contributed by atoms with van der Waals surface area (Å²) in [4.78, 5) is 28.0. The largest absolute Gasteiger partial charge is 0.449 e. The maximum Gasteiger partial charge on any atom is 0.340 e. The number of esters is 1. The number of hydrogen-bond acceptors (Lipinski definition) is 4. The van der Waals surface area contributed by atoms with Crippen LogP contribution in [0, 0.1) is 0 Å². The number of fused-ring (bicyclic) bond motifs is 1. The lowest BCUT2D eigenvalue weighted by Gasteiger charge is -2.26. The van der Waals surface area contributed by atoms with Crippen LogP contribution in [-0.2, 0) is 16.0 Å². The Morgan fingerprint density at radius 3 is 2.73 bits per heavy atom. The van der Waals surface area contributed by atoms with Gasteiger partial charge in [-0.15, -0.1) is 11.8 Å². The minimum Gasteiger partial charge on any atom is -0.449 e. The minimum absolute atomic E-state index is 0.0319. The second kappa shape index (κ2) is 7.72. The first-order valence-corrected chi connectivity index (χ1v) is 9.98. The van der Waals surface area contributed by atoms with Crippen LogP contribution < -0.4 is 4.90 Å². The Kier molecular flexibility index (Phi) is 5.58. The first kappa shape index (κ1) is 18.8. The van der Waals surface area contributed by atoms with Crippen LogP contribution in [0.15, 0.2) is 47.4 Å². The second-order valence-corrected chi connectivity index (χ2v) is 7.57. The van der Waals surface area contributed by atoms with Crippen molar-refractivity contribution in [1.82, 2.24) is 0 Å². The van der Waals surface area contributed by atoms with Gasteiger partial charge in [0, 0.05) is 16.6 Å². The van der Waals surface area contributed by atoms with Crippen molar-refractivity contribution < 1.29 is 14.3 Å². The first-order valence-electron chi connectivity index (χ1n) is 8.38. The van der Waals surface area contributed by atoms with Crippen molar-refractivity contribution in [1.29, 1.82) is 0 Å². The van der Waals surface area contributed by atoms with Gasteiger partial charge in [0.2, 0.25) is 0 Å². The van der Waals surface area contributed by atoms with E-state index < -0.39 is 12.1 Å². The van der Waals surface area contributed by atoms with Gasteiger partial charge in [-0.25, -0.2) is 4.79 Å². The van der Waals surface area contributed by atoms with Gasteiger partial charge in [0.25, 0.3) is 5.91 Å². The quantitative estimate of drug-likeness (QED) is 0.567. The fourth-order valence-electron chi connectivity index (χ4n) is 3.16. The molecule has 1 aliphatic heterocycles. The molecular formula is C20H20ClNO3S. The van der Waals surface area contributed by atoms with E-state index in [1.165, 1.54) is 11.8 Å². The number of anilines is 1. The molecule has 0 aliphatic carbocycles. The maximum absolute atomic E-state index is 12.9. The predicted octanol–water partition coefficient (Wildman–Crippen LogP) is 4.59. The Labute approximate surface area is 162 Å². The van der Waals surface area contributed by atoms with Gasteiger partial charge in [0.15, 0.2) is 6.10 Å². The molecule has 2 aromatic carbocycles. The van der Waals surface area contributed by atoms with Gasteiger partial charge in [-0.3, -0.25) is 4.79 Å². The third-order valence-electron chi connectivity index (χ3n) is 4.47. The highest BCUT2D eigenvalue weighted by atomic mass is 35.5. The van der Waals surface area contributed by atoms with Crippen molar-refractivity contribution in [3.05, 3.63) is 58.6 Å². The molecule has 1 amide bonds. The Balaban J connectivity index is 1.77. The van der Waals surface area contributed by atoms with Crippen molar-refractivity contribution in [3.63, 3.8) is 0 Å². The van der Waals surface area contributed by atoms with Crippen LogP contribution in [-0.4, -0.2) is 30.3 Å². The van der Waals surface area contributed by atoms with Gasteiger partial charge in [-0.05, 0) is 56.4 Å². The van der Waals surface area contributed by atoms with Gasteiger partial charge in [-0.1, -0.05) is 29.8 Å². The Hall–Kier alpha value is -1.98. The third kappa shape index (κ3) is 3.60. The number of nitrogens with zero attached hydrogens (tertiary/aromatic N) is 1. The summed E-state index contributed by atoms with van der Waals surface area (Å²) in [6, 6.07) is 13.0. The summed E-state index contributed by atoms with van der Waals surface area (Å²) < 4.78 is 5.43. The average molecular weight is 390 g/mol. The van der Waals surface area contributed by atoms with Crippen molar-refractivity contribution in [2.24, 2.45) is 0 Å². The van der Waals surface area contributed by atoms with E-state index in [9.17, 15) is 9.59 Å². The summed E-state index contributed by atoms with van der Waals surface area (Å²) in [6.07, 6.45) is 1.81. The maximum atomic E-state index is 12.9. The molecule has 2 atom stereocenters. The van der Waals surface area contributed by atoms with E-state index >= 15 is 0 Å². The summed E-state index contributed by atoms with van der Waals surface area (Å²) in [5.41, 5.74) is 2.28. The monoisotopic (exact) mass is 389 g/mol. The molecule has 0 radical (unpaired) electrons. The van der Waals surface area contributed by atoms with E-state index in [-0.39, 0.29) is 17.5 Å². The number of ether oxygens (including phenoxy) is 1. The van der Waals surface area contributed by atoms with Gasteiger partial charge in [-0.2, -0.15) is 0 Å². The normalized spacial score (nSPS) is 16.9. The fourth-order valence-corrected chi connectivity index (χ4v) is 3.79. The fraction of sp³-hybridized carbons (Fsp3) is 0.300. The summed E-state index contributed by atoms with van der Waals surface area (Å²) in [5.74, 6) is -0.820. The van der Waals surface area contributed by atoms with Gasteiger partial charge < -0.3 is 9.64 Å². The highest BCUT2D eigenvalue weighted by Gasteiger charge is 2.34. The van der Waals surface area contributed by atoms with Gasteiger partial charge in [0.1, 0.15) is 0 Å². The number of para-hydroxylation sites is 1. The molecule has 0 fully saturated rings. The molecule has 0 saturated heterocycles. The molecule has 0 unspecified atom stereocenters. The van der Waals surface area contributed by atoms with E-state index in [0.29, 0.717) is 5.02 Å². The van der Waals surface area contributed by atoms with Crippen LogP contribution in [0.5, 0.6) is 0 Å². The molecule has 4 nitrogen and oxygen atoms in total. The predicted molar refractivity (Wildman–Crippen MR) is 105 cm³/mol. The highest BCUT2D eigenvalue weighted by Crippen LogP contribution is 2.32. The number of halogens is 1. The molecule has 0 aromatic heterocycles. The van der Waals surface area contributed by atoms with E-state index in [4.69, 9.17) is 16.3 Å². The molecule has 1 heterocycles. The van der Waals surface area contributed by atoms with Crippen molar-refractivity contribution in [2.75, 3.05) is 11.2 Å². The average Bonchev–Trinajstić information content (AvgIpc) is 2.97. The van der Waals surface area contributed by atoms with Gasteiger partial charge >= 0.3 is 5.97 Å². The van der Waals surface area contributed by atoms with Crippen LogP contribution in [0.1, 0.15) is 29.8 Å². The van der Waals surface area contributed by atoms with Crippen molar-refractivity contribution >= 4 is 40.9 Å². The lowest BCUT2D eigenvalue weighted by Crippen LogP contribution is -2.43. The number of carbonyl (C=O) groups excluding carboxylic acids is 2. The number of hydrogen-bond donors (Lipinski definition) is 0. The lowest BCUT2D eigenvalue weighted by atomic mass is 10.1. The molecule has 1 aliphatic rings. The van der Waals surface area contributed by atoms with Crippen LogP contribution in [0.3, 0.4) is 0 Å². The Bertz CT molecular complexity index is 855. The van der Waals surface area contributed by atoms with Crippen molar-refractivity contribution in [3.8, 4) is 0 Å². The molecular weight excluding hydrogens is 370 g/mol. The van der Waals surface area contributed by atoms with Gasteiger partial charge in [0.05, 0.1) is 10.6 Å². The van der Waals surface area contributed by atoms with Crippen LogP contribution in [0.4, 0.5) is 5.69 Å². The molecule has 0 N–H and O–H groups in total. The molecule has 6 heteroatoms. The molecule has 26 heavy (non-hydrogen) atoms. The smallest absolute Gasteiger partial charge is 0.340 e. The van der Waals surface area contributed by atoms with E-state index in [1.54, 1.807) is 24.0 Å². The molecule has 3 rings (SSSR count). The number of thioether (sulfide) groups is 1. The molecule has 136 valence electrons. The zero-order valence-corrected chi connectivity index (χ0v) is 16.4. The van der Waals surface area contributed by atoms with Crippen LogP contribution >= 0.6 is 23.4 Å². The third-order valence-corrected chi connectivity index (χ3v) is 5.52. The highest BCUT2D eigenvalue weighted by molar-refractivity contribution is 7.98. The minimum atomic E-state index is -0.898. The number of carbonyl (C=O) groups is 2. The first-order chi connectivity index (χ1) is 12.4. The van der Waals surface area contributed by atoms with E-state index in [2.05, 4.69) is 0 Å². The summed E-state index contributed by atoms with van der Waals surface area (Å²) in [7, 11) is 0. The number of amides is 1. The van der Waals surface area contributed by atoms with E-state index in [1.807, 2.05) is 43.5 Å². The zero-order chi connectivity index (χ0) is 18.8. The standard InChI is InChI=1S/C20H20ClNO3S/c1-12-10-14-6-4-5-7-18(14)22(12)19(23)13(2)25-20(24)16-11-15(26-3)8-9-17(16)21/h4-9,11-13H,10H2,1-3H3/t12-,13-/m0/s1. The SMILES string of the molecule is CSc1ccc(Cl)c(C(=O)O[C@@H](C)C(=O)N2c3ccccc3C[C@@H]2C)c1. The molecule has 0 bridgehead atoms. The number of benzene rings is 2. The van der Waals surface area contributed by atoms with Crippen molar-refractivity contribution in [2.45, 2.75) is 37.3 Å². The Morgan fingerprint density at radius 2 is 2.00 bits per heavy atom. The topological polar surface area (TPSA) is 46.6 Å². The summed E-state index contributed by atoms with van der Waals surface area (Å²) in [6.45, 7) is 3.59. The Morgan fingerprint density at radius 1 is 1.27 bits per heavy atom. The van der Waals surface area contributed by atoms with E-state index in [0.717, 1.165) is 22.6 Å².